The quantitative estimate of drug-likeness (QED) is 0.555. The monoisotopic (exact) mass is 312 g/mol. The molecule has 0 aromatic carbocycles. The Bertz CT molecular complexity index is 588. The van der Waals surface area contributed by atoms with Crippen LogP contribution in [0.2, 0.25) is 0 Å². The first-order chi connectivity index (χ1) is 10.1. The molecule has 0 spiro atoms. The minimum atomic E-state index is 0.421. The van der Waals surface area contributed by atoms with E-state index in [0.717, 1.165) is 55.3 Å². The van der Waals surface area contributed by atoms with Crippen molar-refractivity contribution < 1.29 is 4.74 Å². The lowest BCUT2D eigenvalue weighted by Crippen LogP contribution is -2.10. The number of hydrogen-bond donors (Lipinski definition) is 0. The maximum absolute atomic E-state index is 6.05. The molecule has 0 bridgehead atoms. The lowest BCUT2D eigenvalue weighted by molar-refractivity contribution is 0.105. The molecule has 6 heteroatoms. The van der Waals surface area contributed by atoms with Crippen molar-refractivity contribution in [2.75, 3.05) is 13.2 Å². The summed E-state index contributed by atoms with van der Waals surface area (Å²) in [4.78, 5) is 4.66. The van der Waals surface area contributed by atoms with E-state index in [0.29, 0.717) is 11.8 Å². The summed E-state index contributed by atoms with van der Waals surface area (Å²) in [6.45, 7) is 8.85. The Labute approximate surface area is 131 Å². The minimum absolute atomic E-state index is 0.421. The molecule has 0 saturated heterocycles. The second kappa shape index (κ2) is 7.27. The van der Waals surface area contributed by atoms with Crippen LogP contribution in [0.4, 0.5) is 0 Å². The van der Waals surface area contributed by atoms with Crippen molar-refractivity contribution >= 4 is 22.8 Å². The van der Waals surface area contributed by atoms with Gasteiger partial charge in [0.1, 0.15) is 11.3 Å². The first kappa shape index (κ1) is 16.3. The fourth-order valence-corrected chi connectivity index (χ4v) is 2.71. The van der Waals surface area contributed by atoms with E-state index in [1.54, 1.807) is 0 Å². The smallest absolute Gasteiger partial charge is 0.158 e. The van der Waals surface area contributed by atoms with E-state index in [1.165, 1.54) is 0 Å². The fraction of sp³-hybridized carbons (Fsp3) is 0.733. The highest BCUT2D eigenvalue weighted by Gasteiger charge is 2.17. The molecular weight excluding hydrogens is 288 g/mol. The van der Waals surface area contributed by atoms with E-state index < -0.39 is 0 Å². The molecule has 0 aliphatic heterocycles. The van der Waals surface area contributed by atoms with Gasteiger partial charge < -0.3 is 9.30 Å². The van der Waals surface area contributed by atoms with Crippen LogP contribution >= 0.6 is 11.6 Å². The zero-order valence-corrected chi connectivity index (χ0v) is 14.2. The number of nitrogens with zero attached hydrogens (tertiary/aromatic N) is 4. The maximum Gasteiger partial charge on any atom is 0.158 e. The number of imidazole rings is 1. The molecule has 5 nitrogen and oxygen atoms in total. The van der Waals surface area contributed by atoms with Crippen LogP contribution in [0.25, 0.3) is 11.2 Å². The maximum atomic E-state index is 6.05. The molecule has 0 amide bonds. The molecule has 0 saturated carbocycles. The van der Waals surface area contributed by atoms with Gasteiger partial charge in [0.05, 0.1) is 11.6 Å². The van der Waals surface area contributed by atoms with E-state index in [-0.39, 0.29) is 0 Å². The van der Waals surface area contributed by atoms with E-state index in [2.05, 4.69) is 35.4 Å². The topological polar surface area (TPSA) is 44.9 Å². The van der Waals surface area contributed by atoms with Crippen molar-refractivity contribution in [2.45, 2.75) is 46.0 Å². The summed E-state index contributed by atoms with van der Waals surface area (Å²) in [5, 5.41) is 4.53. The second-order valence-corrected chi connectivity index (χ2v) is 6.00. The van der Waals surface area contributed by atoms with Crippen molar-refractivity contribution in [2.24, 2.45) is 13.0 Å². The standard InChI is InChI=1S/C15H25ClN4O/c1-5-12-14-15(19(4)18-12)20(13(9-16)17-14)7-6-8-21-10-11(2)3/h11H,5-10H2,1-4H3. The molecule has 0 aliphatic rings. The van der Waals surface area contributed by atoms with Gasteiger partial charge in [0.25, 0.3) is 0 Å². The molecule has 0 aliphatic carbocycles. The van der Waals surface area contributed by atoms with Crippen LogP contribution in [-0.4, -0.2) is 32.5 Å². The molecule has 0 atom stereocenters. The molecule has 0 radical (unpaired) electrons. The Morgan fingerprint density at radius 3 is 2.71 bits per heavy atom. The zero-order chi connectivity index (χ0) is 15.4. The third-order valence-electron chi connectivity index (χ3n) is 3.45. The number of aromatic nitrogens is 4. The van der Waals surface area contributed by atoms with Gasteiger partial charge in [-0.15, -0.1) is 11.6 Å². The summed E-state index contributed by atoms with van der Waals surface area (Å²) in [7, 11) is 1.97. The van der Waals surface area contributed by atoms with Crippen molar-refractivity contribution in [3.8, 4) is 0 Å². The predicted molar refractivity (Wildman–Crippen MR) is 85.7 cm³/mol. The van der Waals surface area contributed by atoms with Crippen molar-refractivity contribution in [1.29, 1.82) is 0 Å². The first-order valence-corrected chi connectivity index (χ1v) is 8.16. The lowest BCUT2D eigenvalue weighted by atomic mass is 10.2. The molecule has 0 unspecified atom stereocenters. The Hall–Kier alpha value is -1.07. The third kappa shape index (κ3) is 3.58. The number of rotatable bonds is 8. The van der Waals surface area contributed by atoms with Gasteiger partial charge in [-0.25, -0.2) is 4.98 Å². The average Bonchev–Trinajstić information content (AvgIpc) is 2.96. The molecule has 0 fully saturated rings. The highest BCUT2D eigenvalue weighted by molar-refractivity contribution is 6.16. The highest BCUT2D eigenvalue weighted by atomic mass is 35.5. The number of aryl methyl sites for hydroxylation is 3. The van der Waals surface area contributed by atoms with Gasteiger partial charge in [-0.1, -0.05) is 20.8 Å². The summed E-state index contributed by atoms with van der Waals surface area (Å²) < 4.78 is 9.73. The van der Waals surface area contributed by atoms with Crippen LogP contribution in [0.1, 0.15) is 38.7 Å². The lowest BCUT2D eigenvalue weighted by Gasteiger charge is -2.09. The van der Waals surface area contributed by atoms with Gasteiger partial charge in [0.2, 0.25) is 0 Å². The average molecular weight is 313 g/mol. The fourth-order valence-electron chi connectivity index (χ4n) is 2.51. The summed E-state index contributed by atoms with van der Waals surface area (Å²) in [5.41, 5.74) is 3.08. The van der Waals surface area contributed by atoms with Gasteiger partial charge in [-0.05, 0) is 18.8 Å². The molecule has 118 valence electrons. The molecular formula is C15H25ClN4O. The van der Waals surface area contributed by atoms with Crippen molar-refractivity contribution in [3.05, 3.63) is 11.5 Å². The Kier molecular flexibility index (Phi) is 5.65. The summed E-state index contributed by atoms with van der Waals surface area (Å²) >= 11 is 6.05. The van der Waals surface area contributed by atoms with Gasteiger partial charge in [-0.3, -0.25) is 4.68 Å². The number of alkyl halides is 1. The molecule has 2 aromatic heterocycles. The Morgan fingerprint density at radius 1 is 1.33 bits per heavy atom. The third-order valence-corrected chi connectivity index (χ3v) is 3.69. The van der Waals surface area contributed by atoms with Crippen LogP contribution in [0, 0.1) is 5.92 Å². The van der Waals surface area contributed by atoms with E-state index in [1.807, 2.05) is 11.7 Å². The highest BCUT2D eigenvalue weighted by Crippen LogP contribution is 2.21. The molecule has 2 aromatic rings. The van der Waals surface area contributed by atoms with Crippen LogP contribution < -0.4 is 0 Å². The SMILES string of the molecule is CCc1nn(C)c2c1nc(CCl)n2CCCOCC(C)C. The van der Waals surface area contributed by atoms with Gasteiger partial charge in [0.15, 0.2) is 5.65 Å². The molecule has 2 heterocycles. The van der Waals surface area contributed by atoms with Gasteiger partial charge in [0, 0.05) is 26.8 Å². The number of fused-ring (bicyclic) bond motifs is 1. The largest absolute Gasteiger partial charge is 0.381 e. The van der Waals surface area contributed by atoms with Gasteiger partial charge in [-0.2, -0.15) is 5.10 Å². The first-order valence-electron chi connectivity index (χ1n) is 7.63. The number of hydrogen-bond acceptors (Lipinski definition) is 3. The van der Waals surface area contributed by atoms with Crippen LogP contribution in [0.5, 0.6) is 0 Å². The minimum Gasteiger partial charge on any atom is -0.381 e. The molecule has 0 N–H and O–H groups in total. The van der Waals surface area contributed by atoms with Crippen LogP contribution in [0.15, 0.2) is 0 Å². The summed E-state index contributed by atoms with van der Waals surface area (Å²) in [6.07, 6.45) is 1.84. The summed E-state index contributed by atoms with van der Waals surface area (Å²) in [5.74, 6) is 1.91. The second-order valence-electron chi connectivity index (χ2n) is 5.73. The Morgan fingerprint density at radius 2 is 2.10 bits per heavy atom. The van der Waals surface area contributed by atoms with Crippen LogP contribution in [0.3, 0.4) is 0 Å². The van der Waals surface area contributed by atoms with E-state index in [9.17, 15) is 0 Å². The van der Waals surface area contributed by atoms with Gasteiger partial charge >= 0.3 is 0 Å². The van der Waals surface area contributed by atoms with Crippen molar-refractivity contribution in [1.82, 2.24) is 19.3 Å². The van der Waals surface area contributed by atoms with E-state index in [4.69, 9.17) is 16.3 Å². The molecule has 21 heavy (non-hydrogen) atoms. The summed E-state index contributed by atoms with van der Waals surface area (Å²) in [6, 6.07) is 0. The number of ether oxygens (including phenoxy) is 1. The predicted octanol–water partition coefficient (Wildman–Crippen LogP) is 3.13. The van der Waals surface area contributed by atoms with Crippen LogP contribution in [-0.2, 0) is 30.6 Å². The Balaban J connectivity index is 2.12. The molecule has 2 rings (SSSR count). The number of halogens is 1. The zero-order valence-electron chi connectivity index (χ0n) is 13.4. The normalized spacial score (nSPS) is 11.9. The van der Waals surface area contributed by atoms with E-state index >= 15 is 0 Å². The van der Waals surface area contributed by atoms with Crippen molar-refractivity contribution in [3.63, 3.8) is 0 Å².